The van der Waals surface area contributed by atoms with Crippen molar-refractivity contribution in [3.63, 3.8) is 0 Å². The first kappa shape index (κ1) is 14.4. The van der Waals surface area contributed by atoms with Crippen molar-refractivity contribution in [1.82, 2.24) is 9.88 Å². The minimum Gasteiger partial charge on any atom is -0.335 e. The summed E-state index contributed by atoms with van der Waals surface area (Å²) in [5.41, 5.74) is 3.76. The standard InChI is InChI=1S/C20H22N2O/c1-14-18-12-15-6-3-4-8-17(15)20(14,2)9-11-22(18)19(23)16-7-5-10-21-13-16/h3-8,10,13-14,18H,9,11-12H2,1-2H3. The maximum absolute atomic E-state index is 12.9. The Morgan fingerprint density at radius 2 is 2.09 bits per heavy atom. The molecule has 1 aromatic heterocycles. The van der Waals surface area contributed by atoms with Crippen LogP contribution in [-0.4, -0.2) is 28.4 Å². The molecule has 0 spiro atoms. The molecule has 2 aromatic rings. The summed E-state index contributed by atoms with van der Waals surface area (Å²) in [5.74, 6) is 0.586. The summed E-state index contributed by atoms with van der Waals surface area (Å²) in [4.78, 5) is 19.1. The molecule has 23 heavy (non-hydrogen) atoms. The Morgan fingerprint density at radius 3 is 2.87 bits per heavy atom. The van der Waals surface area contributed by atoms with E-state index in [0.717, 1.165) is 19.4 Å². The lowest BCUT2D eigenvalue weighted by Crippen LogP contribution is -2.59. The van der Waals surface area contributed by atoms with E-state index in [9.17, 15) is 4.79 Å². The van der Waals surface area contributed by atoms with Crippen molar-refractivity contribution in [2.45, 2.75) is 38.1 Å². The van der Waals surface area contributed by atoms with Gasteiger partial charge in [-0.1, -0.05) is 38.1 Å². The zero-order valence-electron chi connectivity index (χ0n) is 13.7. The molecule has 0 N–H and O–H groups in total. The Balaban J connectivity index is 1.72. The number of hydrogen-bond acceptors (Lipinski definition) is 2. The molecule has 1 amide bonds. The Hall–Kier alpha value is -2.16. The van der Waals surface area contributed by atoms with Crippen molar-refractivity contribution in [1.29, 1.82) is 0 Å². The summed E-state index contributed by atoms with van der Waals surface area (Å²) in [6.07, 6.45) is 5.37. The van der Waals surface area contributed by atoms with Gasteiger partial charge in [-0.2, -0.15) is 0 Å². The number of nitrogens with zero attached hydrogens (tertiary/aromatic N) is 2. The van der Waals surface area contributed by atoms with E-state index in [4.69, 9.17) is 0 Å². The number of amides is 1. The van der Waals surface area contributed by atoms with Gasteiger partial charge >= 0.3 is 0 Å². The van der Waals surface area contributed by atoms with Gasteiger partial charge in [0.1, 0.15) is 0 Å². The fourth-order valence-corrected chi connectivity index (χ4v) is 4.50. The van der Waals surface area contributed by atoms with Gasteiger partial charge in [0, 0.05) is 25.0 Å². The lowest BCUT2D eigenvalue weighted by Gasteiger charge is -2.54. The van der Waals surface area contributed by atoms with Crippen LogP contribution in [0.3, 0.4) is 0 Å². The number of carbonyl (C=O) groups is 1. The van der Waals surface area contributed by atoms with E-state index in [2.05, 4.69) is 48.0 Å². The number of benzene rings is 1. The Bertz CT molecular complexity index is 742. The van der Waals surface area contributed by atoms with Crippen molar-refractivity contribution in [3.05, 3.63) is 65.5 Å². The summed E-state index contributed by atoms with van der Waals surface area (Å²) in [6, 6.07) is 12.7. The SMILES string of the molecule is CC1C2Cc3ccccc3C1(C)CCN2C(=O)c1cccnc1. The zero-order chi connectivity index (χ0) is 16.0. The van der Waals surface area contributed by atoms with Gasteiger partial charge in [0.25, 0.3) is 5.91 Å². The van der Waals surface area contributed by atoms with E-state index >= 15 is 0 Å². The first-order valence-electron chi connectivity index (χ1n) is 8.40. The number of aromatic nitrogens is 1. The number of pyridine rings is 1. The maximum atomic E-state index is 12.9. The Morgan fingerprint density at radius 1 is 1.26 bits per heavy atom. The average Bonchev–Trinajstić information content (AvgIpc) is 2.58. The molecule has 3 heteroatoms. The van der Waals surface area contributed by atoms with Crippen molar-refractivity contribution in [3.8, 4) is 0 Å². The third kappa shape index (κ3) is 2.10. The molecule has 1 aliphatic heterocycles. The van der Waals surface area contributed by atoms with E-state index in [1.807, 2.05) is 12.1 Å². The highest BCUT2D eigenvalue weighted by molar-refractivity contribution is 5.94. The van der Waals surface area contributed by atoms with Crippen LogP contribution in [0.25, 0.3) is 0 Å². The molecule has 1 fully saturated rings. The summed E-state index contributed by atoms with van der Waals surface area (Å²) >= 11 is 0. The Kier molecular flexibility index (Phi) is 3.26. The average molecular weight is 306 g/mol. The van der Waals surface area contributed by atoms with Gasteiger partial charge in [-0.15, -0.1) is 0 Å². The second kappa shape index (κ2) is 5.19. The summed E-state index contributed by atoms with van der Waals surface area (Å²) < 4.78 is 0. The van der Waals surface area contributed by atoms with Crippen molar-refractivity contribution in [2.24, 2.45) is 5.92 Å². The fraction of sp³-hybridized carbons (Fsp3) is 0.400. The number of hydrogen-bond donors (Lipinski definition) is 0. The summed E-state index contributed by atoms with van der Waals surface area (Å²) in [7, 11) is 0. The Labute approximate surface area is 137 Å². The molecule has 1 aromatic carbocycles. The van der Waals surface area contributed by atoms with Crippen LogP contribution in [0.5, 0.6) is 0 Å². The van der Waals surface area contributed by atoms with Crippen LogP contribution in [-0.2, 0) is 11.8 Å². The first-order chi connectivity index (χ1) is 11.1. The summed E-state index contributed by atoms with van der Waals surface area (Å²) in [5, 5.41) is 0. The van der Waals surface area contributed by atoms with Crippen LogP contribution in [0, 0.1) is 5.92 Å². The minimum atomic E-state index is 0.122. The number of carbonyl (C=O) groups excluding carboxylic acids is 1. The molecular weight excluding hydrogens is 284 g/mol. The second-order valence-corrected chi connectivity index (χ2v) is 7.13. The third-order valence-electron chi connectivity index (χ3n) is 6.09. The molecule has 3 atom stereocenters. The van der Waals surface area contributed by atoms with Crippen molar-refractivity contribution < 1.29 is 4.79 Å². The molecule has 2 heterocycles. The monoisotopic (exact) mass is 306 g/mol. The quantitative estimate of drug-likeness (QED) is 0.808. The van der Waals surface area contributed by atoms with Crippen LogP contribution >= 0.6 is 0 Å². The lowest BCUT2D eigenvalue weighted by molar-refractivity contribution is 0.0250. The van der Waals surface area contributed by atoms with Gasteiger partial charge < -0.3 is 4.90 Å². The van der Waals surface area contributed by atoms with Crippen LogP contribution in [0.15, 0.2) is 48.8 Å². The molecule has 2 bridgehead atoms. The molecule has 0 saturated carbocycles. The number of fused-ring (bicyclic) bond motifs is 4. The van der Waals surface area contributed by atoms with E-state index < -0.39 is 0 Å². The lowest BCUT2D eigenvalue weighted by atomic mass is 9.59. The van der Waals surface area contributed by atoms with Gasteiger partial charge in [0.05, 0.1) is 5.56 Å². The van der Waals surface area contributed by atoms with Crippen molar-refractivity contribution in [2.75, 3.05) is 6.54 Å². The molecule has 1 aliphatic carbocycles. The van der Waals surface area contributed by atoms with Crippen LogP contribution in [0.1, 0.15) is 41.8 Å². The summed E-state index contributed by atoms with van der Waals surface area (Å²) in [6.45, 7) is 5.51. The maximum Gasteiger partial charge on any atom is 0.255 e. The van der Waals surface area contributed by atoms with Crippen molar-refractivity contribution >= 4 is 5.91 Å². The van der Waals surface area contributed by atoms with Gasteiger partial charge in [0.2, 0.25) is 0 Å². The largest absolute Gasteiger partial charge is 0.335 e. The fourth-order valence-electron chi connectivity index (χ4n) is 4.50. The third-order valence-corrected chi connectivity index (χ3v) is 6.09. The van der Waals surface area contributed by atoms with Crippen LogP contribution < -0.4 is 0 Å². The zero-order valence-corrected chi connectivity index (χ0v) is 13.7. The van der Waals surface area contributed by atoms with E-state index in [-0.39, 0.29) is 17.4 Å². The predicted octanol–water partition coefficient (Wildman–Crippen LogP) is 3.45. The first-order valence-corrected chi connectivity index (χ1v) is 8.40. The van der Waals surface area contributed by atoms with Gasteiger partial charge in [-0.25, -0.2) is 0 Å². The smallest absolute Gasteiger partial charge is 0.255 e. The molecule has 1 saturated heterocycles. The molecule has 118 valence electrons. The molecule has 0 radical (unpaired) electrons. The molecule has 3 unspecified atom stereocenters. The van der Waals surface area contributed by atoms with E-state index in [1.54, 1.807) is 12.4 Å². The number of piperidine rings is 1. The number of rotatable bonds is 1. The molecule has 2 aliphatic rings. The highest BCUT2D eigenvalue weighted by Gasteiger charge is 2.49. The van der Waals surface area contributed by atoms with E-state index in [0.29, 0.717) is 11.5 Å². The van der Waals surface area contributed by atoms with Gasteiger partial charge in [-0.05, 0) is 47.4 Å². The highest BCUT2D eigenvalue weighted by atomic mass is 16.2. The van der Waals surface area contributed by atoms with E-state index in [1.165, 1.54) is 11.1 Å². The topological polar surface area (TPSA) is 33.2 Å². The van der Waals surface area contributed by atoms with Gasteiger partial charge in [-0.3, -0.25) is 9.78 Å². The predicted molar refractivity (Wildman–Crippen MR) is 90.3 cm³/mol. The second-order valence-electron chi connectivity index (χ2n) is 7.13. The highest BCUT2D eigenvalue weighted by Crippen LogP contribution is 2.48. The molecule has 3 nitrogen and oxygen atoms in total. The molecular formula is C20H22N2O. The normalized spacial score (nSPS) is 29.0. The van der Waals surface area contributed by atoms with Crippen LogP contribution in [0.4, 0.5) is 0 Å². The number of likely N-dealkylation sites (tertiary alicyclic amines) is 1. The minimum absolute atomic E-state index is 0.122. The van der Waals surface area contributed by atoms with Gasteiger partial charge in [0.15, 0.2) is 0 Å². The van der Waals surface area contributed by atoms with Crippen LogP contribution in [0.2, 0.25) is 0 Å². The molecule has 4 rings (SSSR count).